The van der Waals surface area contributed by atoms with Crippen molar-refractivity contribution in [1.82, 2.24) is 15.3 Å². The molecule has 0 bridgehead atoms. The number of anilines is 2. The zero-order valence-electron chi connectivity index (χ0n) is 21.6. The van der Waals surface area contributed by atoms with E-state index in [9.17, 15) is 4.79 Å². The Morgan fingerprint density at radius 1 is 0.925 bits per heavy atom. The summed E-state index contributed by atoms with van der Waals surface area (Å²) in [5.41, 5.74) is 4.63. The number of urea groups is 1. The van der Waals surface area contributed by atoms with Crippen molar-refractivity contribution < 1.29 is 9.53 Å². The Morgan fingerprint density at radius 3 is 2.45 bits per heavy atom. The largest absolute Gasteiger partial charge is 0.438 e. The fraction of sp³-hybridized carbons (Fsp3) is 0.0968. The lowest BCUT2D eigenvalue weighted by molar-refractivity contribution is 0.248. The van der Waals surface area contributed by atoms with E-state index in [4.69, 9.17) is 21.4 Å². The first-order chi connectivity index (χ1) is 19.5. The Labute approximate surface area is 236 Å². The maximum Gasteiger partial charge on any atom is 0.320 e. The number of nitrogens with zero attached hydrogens (tertiary/aromatic N) is 4. The van der Waals surface area contributed by atoms with Crippen LogP contribution in [0.2, 0.25) is 5.28 Å². The predicted molar refractivity (Wildman–Crippen MR) is 158 cm³/mol. The molecule has 1 unspecified atom stereocenters. The molecule has 0 radical (unpaired) electrons. The zero-order valence-corrected chi connectivity index (χ0v) is 22.3. The molecule has 0 fully saturated rings. The fourth-order valence-electron chi connectivity index (χ4n) is 4.63. The van der Waals surface area contributed by atoms with Crippen molar-refractivity contribution in [2.45, 2.75) is 19.5 Å². The van der Waals surface area contributed by atoms with Gasteiger partial charge in [0, 0.05) is 29.5 Å². The quantitative estimate of drug-likeness (QED) is 0.220. The summed E-state index contributed by atoms with van der Waals surface area (Å²) < 4.78 is 5.98. The van der Waals surface area contributed by atoms with Crippen molar-refractivity contribution in [1.29, 1.82) is 0 Å². The molecule has 198 valence electrons. The van der Waals surface area contributed by atoms with Gasteiger partial charge in [-0.3, -0.25) is 0 Å². The van der Waals surface area contributed by atoms with Crippen molar-refractivity contribution in [2.24, 2.45) is 5.10 Å². The molecule has 1 aliphatic rings. The number of nitrogens with one attached hydrogen (secondary N) is 2. The van der Waals surface area contributed by atoms with Crippen molar-refractivity contribution >= 4 is 45.5 Å². The first kappa shape index (κ1) is 25.3. The molecule has 0 spiro atoms. The van der Waals surface area contributed by atoms with Crippen LogP contribution >= 0.6 is 11.6 Å². The molecule has 2 heterocycles. The molecule has 1 atom stereocenters. The van der Waals surface area contributed by atoms with E-state index in [2.05, 4.69) is 20.6 Å². The van der Waals surface area contributed by atoms with E-state index in [1.807, 2.05) is 90.8 Å². The van der Waals surface area contributed by atoms with Crippen molar-refractivity contribution in [3.05, 3.63) is 120 Å². The SMILES string of the molecule is Cc1ccc(N2N=C(c3ccccc3)CC2NC(=O)Nc2ccc(Oc3ccnc(Cl)n3)c3ccccc23)cc1. The van der Waals surface area contributed by atoms with Gasteiger partial charge in [-0.2, -0.15) is 10.1 Å². The lowest BCUT2D eigenvalue weighted by Crippen LogP contribution is -2.45. The summed E-state index contributed by atoms with van der Waals surface area (Å²) in [4.78, 5) is 21.3. The van der Waals surface area contributed by atoms with E-state index in [1.54, 1.807) is 18.2 Å². The normalized spacial score (nSPS) is 14.6. The smallest absolute Gasteiger partial charge is 0.320 e. The van der Waals surface area contributed by atoms with E-state index in [-0.39, 0.29) is 17.5 Å². The molecule has 9 heteroatoms. The molecule has 1 aliphatic heterocycles. The number of halogens is 1. The number of carbonyl (C=O) groups excluding carboxylic acids is 1. The second kappa shape index (κ2) is 11.0. The number of aromatic nitrogens is 2. The van der Waals surface area contributed by atoms with Gasteiger partial charge in [-0.15, -0.1) is 0 Å². The highest BCUT2D eigenvalue weighted by Crippen LogP contribution is 2.34. The molecule has 6 rings (SSSR count). The van der Waals surface area contributed by atoms with Gasteiger partial charge in [0.15, 0.2) is 0 Å². The van der Waals surface area contributed by atoms with E-state index < -0.39 is 0 Å². The second-order valence-corrected chi connectivity index (χ2v) is 9.67. The summed E-state index contributed by atoms with van der Waals surface area (Å²) >= 11 is 5.91. The molecule has 4 aromatic carbocycles. The predicted octanol–water partition coefficient (Wildman–Crippen LogP) is 7.15. The molecule has 2 amide bonds. The topological polar surface area (TPSA) is 91.7 Å². The van der Waals surface area contributed by atoms with Crippen LogP contribution in [0.5, 0.6) is 11.6 Å². The Kier molecular flexibility index (Phi) is 6.99. The highest BCUT2D eigenvalue weighted by molar-refractivity contribution is 6.28. The van der Waals surface area contributed by atoms with Gasteiger partial charge in [0.05, 0.1) is 17.1 Å². The number of ether oxygens (including phenoxy) is 1. The van der Waals surface area contributed by atoms with Gasteiger partial charge >= 0.3 is 6.03 Å². The lowest BCUT2D eigenvalue weighted by Gasteiger charge is -2.25. The minimum Gasteiger partial charge on any atom is -0.438 e. The van der Waals surface area contributed by atoms with Crippen LogP contribution in [-0.4, -0.2) is 27.9 Å². The number of fused-ring (bicyclic) bond motifs is 1. The minimum absolute atomic E-state index is 0.0998. The van der Waals surface area contributed by atoms with Gasteiger partial charge in [-0.1, -0.05) is 72.3 Å². The van der Waals surface area contributed by atoms with Gasteiger partial charge in [-0.05, 0) is 48.4 Å². The summed E-state index contributed by atoms with van der Waals surface area (Å²) in [6, 6.07) is 30.6. The fourth-order valence-corrected chi connectivity index (χ4v) is 4.77. The third-order valence-electron chi connectivity index (χ3n) is 6.56. The molecule has 0 saturated heterocycles. The first-order valence-corrected chi connectivity index (χ1v) is 13.2. The monoisotopic (exact) mass is 548 g/mol. The number of hydrogen-bond donors (Lipinski definition) is 2. The van der Waals surface area contributed by atoms with E-state index in [1.165, 1.54) is 6.20 Å². The molecule has 40 heavy (non-hydrogen) atoms. The Morgan fingerprint density at radius 2 is 1.68 bits per heavy atom. The van der Waals surface area contributed by atoms with Crippen LogP contribution in [0.25, 0.3) is 10.8 Å². The number of hydrazone groups is 1. The van der Waals surface area contributed by atoms with Gasteiger partial charge < -0.3 is 15.4 Å². The van der Waals surface area contributed by atoms with Gasteiger partial charge in [0.25, 0.3) is 0 Å². The number of amides is 2. The van der Waals surface area contributed by atoms with E-state index in [0.717, 1.165) is 33.3 Å². The maximum atomic E-state index is 13.3. The second-order valence-electron chi connectivity index (χ2n) is 9.33. The summed E-state index contributed by atoms with van der Waals surface area (Å²) in [5.74, 6) is 0.911. The number of hydrogen-bond acceptors (Lipinski definition) is 6. The Bertz CT molecular complexity index is 1710. The van der Waals surface area contributed by atoms with Crippen LogP contribution in [-0.2, 0) is 0 Å². The molecule has 2 N–H and O–H groups in total. The summed E-state index contributed by atoms with van der Waals surface area (Å²) in [5, 5.41) is 14.6. The molecule has 5 aromatic rings. The average molecular weight is 549 g/mol. The lowest BCUT2D eigenvalue weighted by atomic mass is 10.1. The Balaban J connectivity index is 1.24. The van der Waals surface area contributed by atoms with Crippen molar-refractivity contribution in [3.8, 4) is 11.6 Å². The minimum atomic E-state index is -0.366. The molecule has 8 nitrogen and oxygen atoms in total. The molecule has 0 saturated carbocycles. The van der Waals surface area contributed by atoms with Crippen molar-refractivity contribution in [2.75, 3.05) is 10.3 Å². The van der Waals surface area contributed by atoms with Crippen LogP contribution in [0, 0.1) is 6.92 Å². The van der Waals surface area contributed by atoms with Crippen LogP contribution < -0.4 is 20.4 Å². The van der Waals surface area contributed by atoms with Crippen LogP contribution in [0.4, 0.5) is 16.2 Å². The average Bonchev–Trinajstić information content (AvgIpc) is 3.39. The van der Waals surface area contributed by atoms with Crippen LogP contribution in [0.1, 0.15) is 17.5 Å². The highest BCUT2D eigenvalue weighted by Gasteiger charge is 2.30. The van der Waals surface area contributed by atoms with Crippen molar-refractivity contribution in [3.63, 3.8) is 0 Å². The Hall–Kier alpha value is -4.95. The maximum absolute atomic E-state index is 13.3. The van der Waals surface area contributed by atoms with Gasteiger partial charge in [0.2, 0.25) is 11.2 Å². The summed E-state index contributed by atoms with van der Waals surface area (Å²) in [6.45, 7) is 2.04. The molecule has 1 aromatic heterocycles. The molecule has 0 aliphatic carbocycles. The van der Waals surface area contributed by atoms with Crippen LogP contribution in [0.15, 0.2) is 108 Å². The first-order valence-electron chi connectivity index (χ1n) is 12.8. The highest BCUT2D eigenvalue weighted by atomic mass is 35.5. The van der Waals surface area contributed by atoms with Gasteiger partial charge in [0.1, 0.15) is 11.9 Å². The molecular weight excluding hydrogens is 524 g/mol. The number of carbonyl (C=O) groups is 1. The third-order valence-corrected chi connectivity index (χ3v) is 6.74. The zero-order chi connectivity index (χ0) is 27.5. The van der Waals surface area contributed by atoms with Gasteiger partial charge in [-0.25, -0.2) is 14.8 Å². The number of aryl methyl sites for hydroxylation is 1. The van der Waals surface area contributed by atoms with E-state index >= 15 is 0 Å². The third kappa shape index (κ3) is 5.43. The standard InChI is InChI=1S/C31H25ClN6O2/c1-20-11-13-22(14-12-20)38-28(19-26(37-38)21-7-3-2-4-8-21)35-31(39)34-25-15-16-27(24-10-6-5-9-23(24)25)40-29-17-18-33-30(32)36-29/h2-18,28H,19H2,1H3,(H2,34,35,39). The number of rotatable bonds is 6. The van der Waals surface area contributed by atoms with E-state index in [0.29, 0.717) is 23.7 Å². The number of benzene rings is 4. The summed E-state index contributed by atoms with van der Waals surface area (Å²) in [6.07, 6.45) is 1.72. The molecular formula is C31H25ClN6O2. The van der Waals surface area contributed by atoms with Crippen LogP contribution in [0.3, 0.4) is 0 Å². The summed E-state index contributed by atoms with van der Waals surface area (Å²) in [7, 11) is 0.